The van der Waals surface area contributed by atoms with Gasteiger partial charge >= 0.3 is 0 Å². The number of hydrogen-bond donors (Lipinski definition) is 0. The Morgan fingerprint density at radius 1 is 0.447 bits per heavy atom. The Balaban J connectivity index is 1.36. The lowest BCUT2D eigenvalue weighted by Crippen LogP contribution is -1.98. The maximum absolute atomic E-state index is 2.49. The summed E-state index contributed by atoms with van der Waals surface area (Å²) in [5.41, 5.74) is 9.75. The van der Waals surface area contributed by atoms with Crippen LogP contribution in [0.25, 0.3) is 87.7 Å². The van der Waals surface area contributed by atoms with Crippen molar-refractivity contribution >= 4 is 70.9 Å². The fraction of sp³-hybridized carbons (Fsp3) is 0.0222. The zero-order chi connectivity index (χ0) is 30.9. The van der Waals surface area contributed by atoms with Crippen LogP contribution in [0.2, 0.25) is 0 Å². The number of benzene rings is 7. The first-order valence-electron chi connectivity index (χ1n) is 16.4. The normalized spacial score (nSPS) is 13.4. The van der Waals surface area contributed by atoms with E-state index in [0.29, 0.717) is 0 Å². The van der Waals surface area contributed by atoms with Crippen LogP contribution < -0.4 is 0 Å². The molecule has 0 fully saturated rings. The smallest absolute Gasteiger partial charge is 0.0562 e. The van der Waals surface area contributed by atoms with Crippen LogP contribution in [0.5, 0.6) is 0 Å². The predicted molar refractivity (Wildman–Crippen MR) is 201 cm³/mol. The molecule has 0 saturated heterocycles. The number of allylic oxidation sites excluding steroid dienone is 6. The quantitative estimate of drug-likeness (QED) is 0.191. The molecule has 10 rings (SSSR count). The first-order chi connectivity index (χ1) is 23.3. The fourth-order valence-corrected chi connectivity index (χ4v) is 7.87. The molecular formula is C45H30N2. The average molecular weight is 599 g/mol. The summed E-state index contributed by atoms with van der Waals surface area (Å²) in [4.78, 5) is 0. The van der Waals surface area contributed by atoms with Gasteiger partial charge in [0.2, 0.25) is 0 Å². The van der Waals surface area contributed by atoms with E-state index >= 15 is 0 Å². The molecule has 0 amide bonds. The van der Waals surface area contributed by atoms with Gasteiger partial charge in [0, 0.05) is 32.6 Å². The highest BCUT2D eigenvalue weighted by atomic mass is 15.0. The molecule has 0 N–H and O–H groups in total. The van der Waals surface area contributed by atoms with Crippen molar-refractivity contribution in [3.05, 3.63) is 170 Å². The molecule has 0 saturated carbocycles. The predicted octanol–water partition coefficient (Wildman–Crippen LogP) is 12.2. The highest BCUT2D eigenvalue weighted by molar-refractivity contribution is 6.26. The molecule has 0 atom stereocenters. The van der Waals surface area contributed by atoms with E-state index in [9.17, 15) is 0 Å². The van der Waals surface area contributed by atoms with E-state index in [0.717, 1.165) is 6.42 Å². The van der Waals surface area contributed by atoms with Gasteiger partial charge in [-0.05, 0) is 70.1 Å². The molecule has 220 valence electrons. The summed E-state index contributed by atoms with van der Waals surface area (Å²) in [5, 5.41) is 10.2. The van der Waals surface area contributed by atoms with Crippen molar-refractivity contribution in [1.82, 2.24) is 9.13 Å². The van der Waals surface area contributed by atoms with Crippen molar-refractivity contribution < 1.29 is 0 Å². The van der Waals surface area contributed by atoms with Gasteiger partial charge in [-0.3, -0.25) is 0 Å². The third kappa shape index (κ3) is 3.85. The number of nitrogens with zero attached hydrogens (tertiary/aromatic N) is 2. The number of rotatable bonds is 3. The Bertz CT molecular complexity index is 2800. The minimum Gasteiger partial charge on any atom is -0.309 e. The van der Waals surface area contributed by atoms with E-state index in [1.807, 2.05) is 0 Å². The van der Waals surface area contributed by atoms with Crippen molar-refractivity contribution in [3.63, 3.8) is 0 Å². The molecule has 2 aromatic heterocycles. The Morgan fingerprint density at radius 3 is 2.09 bits per heavy atom. The molecule has 2 heterocycles. The molecule has 0 spiro atoms. The Morgan fingerprint density at radius 2 is 1.19 bits per heavy atom. The highest BCUT2D eigenvalue weighted by Crippen LogP contribution is 2.43. The maximum Gasteiger partial charge on any atom is 0.0562 e. The fourth-order valence-electron chi connectivity index (χ4n) is 7.87. The van der Waals surface area contributed by atoms with Gasteiger partial charge in [0.1, 0.15) is 0 Å². The Labute approximate surface area is 272 Å². The van der Waals surface area contributed by atoms with Gasteiger partial charge in [-0.25, -0.2) is 0 Å². The zero-order valence-electron chi connectivity index (χ0n) is 25.8. The molecule has 1 aliphatic carbocycles. The molecule has 0 radical (unpaired) electrons. The Hall–Kier alpha value is -6.12. The minimum atomic E-state index is 0.902. The van der Waals surface area contributed by atoms with Crippen molar-refractivity contribution in [2.75, 3.05) is 0 Å². The van der Waals surface area contributed by atoms with Crippen molar-refractivity contribution in [2.45, 2.75) is 6.42 Å². The summed E-state index contributed by atoms with van der Waals surface area (Å²) in [6.45, 7) is 0. The standard InChI is InChI=1S/C45H30N2/c1-2-7-18-32(17-6-1)46-42-26-24-31-16-8-9-19-34(31)45(42)39-28-38-37-22-12-13-23-40(37)47(43(38)29-44(39)46)41-27-25-33(30-14-4-3-5-15-30)35-20-10-11-21-36(35)41/h1-6,8-29H,7H2. The largest absolute Gasteiger partial charge is 0.309 e. The van der Waals surface area contributed by atoms with Gasteiger partial charge in [0.15, 0.2) is 0 Å². The second-order valence-corrected chi connectivity index (χ2v) is 12.5. The van der Waals surface area contributed by atoms with Gasteiger partial charge in [-0.1, -0.05) is 133 Å². The first-order valence-corrected chi connectivity index (χ1v) is 16.4. The second kappa shape index (κ2) is 10.2. The van der Waals surface area contributed by atoms with Gasteiger partial charge in [-0.2, -0.15) is 0 Å². The van der Waals surface area contributed by atoms with Crippen LogP contribution in [0.4, 0.5) is 0 Å². The first kappa shape index (κ1) is 26.1. The molecule has 9 aromatic rings. The zero-order valence-corrected chi connectivity index (χ0v) is 25.8. The number of fused-ring (bicyclic) bond motifs is 9. The summed E-state index contributed by atoms with van der Waals surface area (Å²) in [5.74, 6) is 0. The maximum atomic E-state index is 2.49. The molecule has 7 aromatic carbocycles. The van der Waals surface area contributed by atoms with Crippen LogP contribution in [-0.2, 0) is 0 Å². The molecule has 2 heteroatoms. The van der Waals surface area contributed by atoms with E-state index < -0.39 is 0 Å². The lowest BCUT2D eigenvalue weighted by Gasteiger charge is -2.15. The highest BCUT2D eigenvalue weighted by Gasteiger charge is 2.21. The van der Waals surface area contributed by atoms with Gasteiger partial charge < -0.3 is 9.13 Å². The van der Waals surface area contributed by atoms with Crippen LogP contribution in [0.15, 0.2) is 170 Å². The summed E-state index contributed by atoms with van der Waals surface area (Å²) in [6.07, 6.45) is 12.0. The monoisotopic (exact) mass is 598 g/mol. The Kier molecular flexibility index (Phi) is 5.67. The topological polar surface area (TPSA) is 9.86 Å². The van der Waals surface area contributed by atoms with Crippen molar-refractivity contribution in [1.29, 1.82) is 0 Å². The summed E-state index contributed by atoms with van der Waals surface area (Å²) in [7, 11) is 0. The van der Waals surface area contributed by atoms with Gasteiger partial charge in [0.05, 0.1) is 27.8 Å². The number of hydrogen-bond acceptors (Lipinski definition) is 0. The molecular weight excluding hydrogens is 569 g/mol. The molecule has 0 aliphatic heterocycles. The molecule has 1 aliphatic rings. The molecule has 47 heavy (non-hydrogen) atoms. The SMILES string of the molecule is C1=CCC=C(n2c3cc4c(cc3c3c5ccccc5ccc32)c2ccccc2n4-c2ccc(-c3ccccc3)c3ccccc23)C=C1. The number of para-hydroxylation sites is 1. The van der Waals surface area contributed by atoms with Gasteiger partial charge in [-0.15, -0.1) is 0 Å². The van der Waals surface area contributed by atoms with Crippen LogP contribution in [0.3, 0.4) is 0 Å². The average Bonchev–Trinajstić information content (AvgIpc) is 3.47. The van der Waals surface area contributed by atoms with Crippen molar-refractivity contribution in [2.24, 2.45) is 0 Å². The van der Waals surface area contributed by atoms with Crippen LogP contribution in [0, 0.1) is 0 Å². The lowest BCUT2D eigenvalue weighted by atomic mass is 9.97. The van der Waals surface area contributed by atoms with Crippen LogP contribution >= 0.6 is 0 Å². The molecule has 0 unspecified atom stereocenters. The summed E-state index contributed by atoms with van der Waals surface area (Å²) >= 11 is 0. The third-order valence-electron chi connectivity index (χ3n) is 9.91. The van der Waals surface area contributed by atoms with Crippen LogP contribution in [0.1, 0.15) is 6.42 Å². The second-order valence-electron chi connectivity index (χ2n) is 12.5. The summed E-state index contributed by atoms with van der Waals surface area (Å²) in [6, 6.07) is 51.3. The molecule has 2 nitrogen and oxygen atoms in total. The van der Waals surface area contributed by atoms with E-state index in [2.05, 4.69) is 179 Å². The van der Waals surface area contributed by atoms with E-state index in [-0.39, 0.29) is 0 Å². The lowest BCUT2D eigenvalue weighted by molar-refractivity contribution is 1.19. The number of aromatic nitrogens is 2. The van der Waals surface area contributed by atoms with E-state index in [4.69, 9.17) is 0 Å². The summed E-state index contributed by atoms with van der Waals surface area (Å²) < 4.78 is 4.96. The third-order valence-corrected chi connectivity index (χ3v) is 9.91. The molecule has 0 bridgehead atoms. The van der Waals surface area contributed by atoms with E-state index in [1.165, 1.54) is 87.7 Å². The van der Waals surface area contributed by atoms with E-state index in [1.54, 1.807) is 0 Å². The van der Waals surface area contributed by atoms with Crippen LogP contribution in [-0.4, -0.2) is 9.13 Å². The van der Waals surface area contributed by atoms with Crippen molar-refractivity contribution in [3.8, 4) is 16.8 Å². The van der Waals surface area contributed by atoms with Gasteiger partial charge in [0.25, 0.3) is 0 Å². The minimum absolute atomic E-state index is 0.902.